The summed E-state index contributed by atoms with van der Waals surface area (Å²) in [5, 5.41) is 3.75. The quantitative estimate of drug-likeness (QED) is 0.815. The summed E-state index contributed by atoms with van der Waals surface area (Å²) in [6, 6.07) is 2.15. The number of aryl methyl sites for hydroxylation is 4. The average Bonchev–Trinajstić information content (AvgIpc) is 2.86. The summed E-state index contributed by atoms with van der Waals surface area (Å²) in [6.07, 6.45) is 1.17. The van der Waals surface area contributed by atoms with E-state index in [0.717, 1.165) is 17.8 Å². The highest BCUT2D eigenvalue weighted by Gasteiger charge is 2.35. The van der Waals surface area contributed by atoms with Crippen molar-refractivity contribution in [3.05, 3.63) is 28.9 Å². The van der Waals surface area contributed by atoms with Crippen molar-refractivity contribution in [2.45, 2.75) is 51.5 Å². The third-order valence-corrected chi connectivity index (χ3v) is 6.25. The van der Waals surface area contributed by atoms with Crippen LogP contribution < -0.4 is 4.74 Å². The maximum absolute atomic E-state index is 12.9. The highest BCUT2D eigenvalue weighted by molar-refractivity contribution is 7.89. The summed E-state index contributed by atoms with van der Waals surface area (Å²) >= 11 is 0. The van der Waals surface area contributed by atoms with E-state index >= 15 is 0 Å². The number of sulfonamides is 1. The normalized spacial score (nSPS) is 19.1. The molecule has 1 aliphatic heterocycles. The molecule has 0 amide bonds. The summed E-state index contributed by atoms with van der Waals surface area (Å²) in [7, 11) is -3.67. The van der Waals surface area contributed by atoms with Gasteiger partial charge in [0.1, 0.15) is 16.7 Å². The molecule has 136 valence electrons. The molecule has 0 aliphatic carbocycles. The van der Waals surface area contributed by atoms with Crippen molar-refractivity contribution in [3.63, 3.8) is 0 Å². The molecule has 3 rings (SSSR count). The predicted molar refractivity (Wildman–Crippen MR) is 89.9 cm³/mol. The van der Waals surface area contributed by atoms with E-state index in [0.29, 0.717) is 30.4 Å². The largest absolute Gasteiger partial charge is 0.459 e. The van der Waals surface area contributed by atoms with Crippen LogP contribution in [-0.4, -0.2) is 47.0 Å². The molecule has 25 heavy (non-hydrogen) atoms. The fraction of sp³-hybridized carbons (Fsp3) is 0.562. The summed E-state index contributed by atoms with van der Waals surface area (Å²) < 4.78 is 38.2. The van der Waals surface area contributed by atoms with Crippen molar-refractivity contribution >= 4 is 10.0 Å². The Bertz CT molecular complexity index is 839. The minimum atomic E-state index is -3.67. The van der Waals surface area contributed by atoms with Crippen LogP contribution >= 0.6 is 0 Å². The molecule has 2 aromatic heterocycles. The molecular formula is C16H22N4O4S. The Balaban J connectivity index is 1.79. The minimum Gasteiger partial charge on any atom is -0.459 e. The summed E-state index contributed by atoms with van der Waals surface area (Å²) in [6.45, 7) is 7.68. The van der Waals surface area contributed by atoms with E-state index in [4.69, 9.17) is 9.26 Å². The van der Waals surface area contributed by atoms with Crippen LogP contribution in [0.1, 0.15) is 35.7 Å². The van der Waals surface area contributed by atoms with Crippen LogP contribution in [0.4, 0.5) is 0 Å². The molecule has 0 unspecified atom stereocenters. The van der Waals surface area contributed by atoms with Crippen LogP contribution in [0.15, 0.2) is 15.5 Å². The van der Waals surface area contributed by atoms with Crippen molar-refractivity contribution in [1.29, 1.82) is 0 Å². The van der Waals surface area contributed by atoms with E-state index in [-0.39, 0.29) is 17.5 Å². The monoisotopic (exact) mass is 366 g/mol. The molecule has 0 bridgehead atoms. The van der Waals surface area contributed by atoms with Crippen LogP contribution in [0.5, 0.6) is 6.01 Å². The van der Waals surface area contributed by atoms with Gasteiger partial charge in [-0.3, -0.25) is 0 Å². The smallest absolute Gasteiger partial charge is 0.317 e. The van der Waals surface area contributed by atoms with Crippen molar-refractivity contribution in [2.24, 2.45) is 0 Å². The lowest BCUT2D eigenvalue weighted by atomic mass is 10.1. The van der Waals surface area contributed by atoms with Crippen LogP contribution in [0.2, 0.25) is 0 Å². The molecule has 0 spiro atoms. The van der Waals surface area contributed by atoms with E-state index < -0.39 is 10.0 Å². The van der Waals surface area contributed by atoms with Crippen LogP contribution in [0.3, 0.4) is 0 Å². The average molecular weight is 366 g/mol. The first-order chi connectivity index (χ1) is 11.8. The lowest BCUT2D eigenvalue weighted by Gasteiger charge is -2.31. The van der Waals surface area contributed by atoms with Gasteiger partial charge in [0.2, 0.25) is 10.0 Å². The SMILES string of the molecule is Cc1cc(C)nc(O[C@H]2CCCN(S(=O)(=O)c3c(C)noc3C)C2)n1. The van der Waals surface area contributed by atoms with Crippen LogP contribution in [-0.2, 0) is 10.0 Å². The molecule has 3 heterocycles. The molecule has 1 saturated heterocycles. The van der Waals surface area contributed by atoms with Gasteiger partial charge in [0.15, 0.2) is 5.76 Å². The predicted octanol–water partition coefficient (Wildman–Crippen LogP) is 1.93. The second kappa shape index (κ2) is 6.72. The first kappa shape index (κ1) is 17.8. The van der Waals surface area contributed by atoms with E-state index in [9.17, 15) is 8.42 Å². The van der Waals surface area contributed by atoms with E-state index in [1.807, 2.05) is 19.9 Å². The summed E-state index contributed by atoms with van der Waals surface area (Å²) in [5.74, 6) is 0.304. The van der Waals surface area contributed by atoms with Gasteiger partial charge in [-0.25, -0.2) is 18.4 Å². The molecule has 1 atom stereocenters. The summed E-state index contributed by atoms with van der Waals surface area (Å²) in [4.78, 5) is 8.68. The second-order valence-electron chi connectivity index (χ2n) is 6.33. The van der Waals surface area contributed by atoms with E-state index in [2.05, 4.69) is 15.1 Å². The van der Waals surface area contributed by atoms with Gasteiger partial charge in [-0.15, -0.1) is 0 Å². The summed E-state index contributed by atoms with van der Waals surface area (Å²) in [5.41, 5.74) is 2.01. The van der Waals surface area contributed by atoms with Crippen molar-refractivity contribution in [3.8, 4) is 6.01 Å². The maximum atomic E-state index is 12.9. The molecule has 0 aromatic carbocycles. The number of ether oxygens (including phenoxy) is 1. The highest BCUT2D eigenvalue weighted by atomic mass is 32.2. The van der Waals surface area contributed by atoms with E-state index in [1.165, 1.54) is 4.31 Å². The Kier molecular flexibility index (Phi) is 4.79. The van der Waals surface area contributed by atoms with Gasteiger partial charge in [-0.05, 0) is 46.6 Å². The van der Waals surface area contributed by atoms with Gasteiger partial charge in [0.05, 0.1) is 6.54 Å². The molecule has 8 nitrogen and oxygen atoms in total. The van der Waals surface area contributed by atoms with Gasteiger partial charge < -0.3 is 9.26 Å². The van der Waals surface area contributed by atoms with Gasteiger partial charge in [0, 0.05) is 17.9 Å². The van der Waals surface area contributed by atoms with Gasteiger partial charge in [0.25, 0.3) is 0 Å². The zero-order chi connectivity index (χ0) is 18.2. The van der Waals surface area contributed by atoms with Crippen molar-refractivity contribution in [1.82, 2.24) is 19.4 Å². The third kappa shape index (κ3) is 3.67. The maximum Gasteiger partial charge on any atom is 0.317 e. The Morgan fingerprint density at radius 2 is 1.88 bits per heavy atom. The number of nitrogens with zero attached hydrogens (tertiary/aromatic N) is 4. The minimum absolute atomic E-state index is 0.149. The fourth-order valence-electron chi connectivity index (χ4n) is 3.09. The molecule has 2 aromatic rings. The first-order valence-electron chi connectivity index (χ1n) is 8.19. The molecular weight excluding hydrogens is 344 g/mol. The third-order valence-electron chi connectivity index (χ3n) is 4.14. The van der Waals surface area contributed by atoms with Crippen molar-refractivity contribution < 1.29 is 17.7 Å². The lowest BCUT2D eigenvalue weighted by Crippen LogP contribution is -2.44. The molecule has 1 fully saturated rings. The topological polar surface area (TPSA) is 98.4 Å². The number of piperidine rings is 1. The standard InChI is InChI=1S/C16H22N4O4S/c1-10-8-11(2)18-16(17-10)23-14-6-5-7-20(9-14)25(21,22)15-12(3)19-24-13(15)4/h8,14H,5-7,9H2,1-4H3/t14-/m0/s1. The first-order valence-corrected chi connectivity index (χ1v) is 9.63. The Morgan fingerprint density at radius 3 is 2.48 bits per heavy atom. The number of aromatic nitrogens is 3. The molecule has 9 heteroatoms. The highest BCUT2D eigenvalue weighted by Crippen LogP contribution is 2.26. The Hall–Kier alpha value is -2.00. The zero-order valence-electron chi connectivity index (χ0n) is 14.8. The number of rotatable bonds is 4. The number of hydrogen-bond acceptors (Lipinski definition) is 7. The molecule has 0 N–H and O–H groups in total. The van der Waals surface area contributed by atoms with Gasteiger partial charge >= 0.3 is 6.01 Å². The van der Waals surface area contributed by atoms with Crippen LogP contribution in [0.25, 0.3) is 0 Å². The van der Waals surface area contributed by atoms with Crippen LogP contribution in [0, 0.1) is 27.7 Å². The Labute approximate surface area is 147 Å². The molecule has 0 radical (unpaired) electrons. The van der Waals surface area contributed by atoms with Gasteiger partial charge in [-0.1, -0.05) is 5.16 Å². The molecule has 0 saturated carbocycles. The number of hydrogen-bond donors (Lipinski definition) is 0. The Morgan fingerprint density at radius 1 is 1.20 bits per heavy atom. The van der Waals surface area contributed by atoms with Gasteiger partial charge in [-0.2, -0.15) is 4.31 Å². The van der Waals surface area contributed by atoms with Crippen molar-refractivity contribution in [2.75, 3.05) is 13.1 Å². The van der Waals surface area contributed by atoms with E-state index in [1.54, 1.807) is 13.8 Å². The zero-order valence-corrected chi connectivity index (χ0v) is 15.6. The lowest BCUT2D eigenvalue weighted by molar-refractivity contribution is 0.118. The molecule has 1 aliphatic rings. The fourth-order valence-corrected chi connectivity index (χ4v) is 4.89. The second-order valence-corrected chi connectivity index (χ2v) is 8.21.